The third-order valence-corrected chi connectivity index (χ3v) is 8.02. The molecule has 6 rings (SSSR count). The van der Waals surface area contributed by atoms with E-state index in [0.29, 0.717) is 0 Å². The zero-order chi connectivity index (χ0) is 25.0. The van der Waals surface area contributed by atoms with Crippen LogP contribution in [0.15, 0.2) is 78.9 Å². The Hall–Kier alpha value is -3.82. The topological polar surface area (TPSA) is 72.2 Å². The molecule has 0 amide bonds. The predicted molar refractivity (Wildman–Crippen MR) is 146 cm³/mol. The number of hydrogen-bond acceptors (Lipinski definition) is 8. The molecule has 0 N–H and O–H groups in total. The lowest BCUT2D eigenvalue weighted by Crippen LogP contribution is -2.48. The summed E-state index contributed by atoms with van der Waals surface area (Å²) in [4.78, 5) is 9.75. The molecule has 1 fully saturated rings. The van der Waals surface area contributed by atoms with E-state index in [9.17, 15) is 0 Å². The molecule has 1 atom stereocenters. The van der Waals surface area contributed by atoms with E-state index in [1.54, 1.807) is 18.4 Å². The molecule has 0 aliphatic carbocycles. The van der Waals surface area contributed by atoms with E-state index < -0.39 is 0 Å². The van der Waals surface area contributed by atoms with Gasteiger partial charge in [0.15, 0.2) is 11.0 Å². The van der Waals surface area contributed by atoms with Crippen molar-refractivity contribution in [3.05, 3.63) is 95.8 Å². The van der Waals surface area contributed by atoms with Crippen LogP contribution in [-0.4, -0.2) is 63.4 Å². The van der Waals surface area contributed by atoms with Gasteiger partial charge in [-0.05, 0) is 52.2 Å². The van der Waals surface area contributed by atoms with Gasteiger partial charge >= 0.3 is 0 Å². The number of tetrazole rings is 1. The van der Waals surface area contributed by atoms with Crippen molar-refractivity contribution < 1.29 is 4.74 Å². The van der Waals surface area contributed by atoms with E-state index in [4.69, 9.17) is 9.72 Å². The van der Waals surface area contributed by atoms with Crippen molar-refractivity contribution in [3.8, 4) is 5.75 Å². The number of benzene rings is 3. The van der Waals surface area contributed by atoms with E-state index in [-0.39, 0.29) is 6.04 Å². The maximum Gasteiger partial charge on any atom is 0.186 e. The standard InChI is InChI=1S/C28H29N7OS/c1-36-23-13-11-22(12-14-23)26(27-30-31-32-35(27)16-15-21-7-3-2-4-8-21)33-17-19-34(20-18-33)28-29-24-9-5-6-10-25(24)37-28/h2-14,26H,15-20H2,1H3. The number of aromatic nitrogens is 5. The van der Waals surface area contributed by atoms with Crippen molar-refractivity contribution in [3.63, 3.8) is 0 Å². The van der Waals surface area contributed by atoms with Gasteiger partial charge in [-0.15, -0.1) is 5.10 Å². The highest BCUT2D eigenvalue weighted by atomic mass is 32.1. The molecule has 0 radical (unpaired) electrons. The number of thiazole rings is 1. The average molecular weight is 512 g/mol. The normalized spacial score (nSPS) is 15.2. The van der Waals surface area contributed by atoms with Crippen LogP contribution in [0.5, 0.6) is 5.75 Å². The second kappa shape index (κ2) is 10.7. The van der Waals surface area contributed by atoms with Crippen LogP contribution in [0.3, 0.4) is 0 Å². The molecule has 0 saturated carbocycles. The second-order valence-corrected chi connectivity index (χ2v) is 10.2. The highest BCUT2D eigenvalue weighted by Crippen LogP contribution is 2.33. The van der Waals surface area contributed by atoms with Gasteiger partial charge < -0.3 is 9.64 Å². The van der Waals surface area contributed by atoms with E-state index in [1.165, 1.54) is 10.3 Å². The third kappa shape index (κ3) is 5.05. The third-order valence-electron chi connectivity index (χ3n) is 6.92. The fourth-order valence-electron chi connectivity index (χ4n) is 4.92. The van der Waals surface area contributed by atoms with Crippen molar-refractivity contribution in [1.29, 1.82) is 0 Å². The monoisotopic (exact) mass is 511 g/mol. The van der Waals surface area contributed by atoms with Crippen LogP contribution in [-0.2, 0) is 13.0 Å². The van der Waals surface area contributed by atoms with Gasteiger partial charge in [-0.1, -0.05) is 65.9 Å². The van der Waals surface area contributed by atoms with Crippen LogP contribution in [0.4, 0.5) is 5.13 Å². The number of aryl methyl sites for hydroxylation is 2. The number of fused-ring (bicyclic) bond motifs is 1. The lowest BCUT2D eigenvalue weighted by atomic mass is 10.0. The molecule has 3 heterocycles. The molecule has 5 aromatic rings. The van der Waals surface area contributed by atoms with Crippen molar-refractivity contribution in [2.75, 3.05) is 38.2 Å². The van der Waals surface area contributed by atoms with Crippen LogP contribution in [0.2, 0.25) is 0 Å². The number of para-hydroxylation sites is 1. The van der Waals surface area contributed by atoms with Crippen LogP contribution < -0.4 is 9.64 Å². The van der Waals surface area contributed by atoms with Gasteiger partial charge in [0.25, 0.3) is 0 Å². The van der Waals surface area contributed by atoms with E-state index in [0.717, 1.165) is 66.9 Å². The maximum absolute atomic E-state index is 5.41. The molecule has 0 spiro atoms. The van der Waals surface area contributed by atoms with E-state index in [1.807, 2.05) is 28.9 Å². The minimum Gasteiger partial charge on any atom is -0.497 e. The Morgan fingerprint density at radius 2 is 1.65 bits per heavy atom. The first-order valence-electron chi connectivity index (χ1n) is 12.6. The number of nitrogens with zero attached hydrogens (tertiary/aromatic N) is 7. The molecule has 9 heteroatoms. The smallest absolute Gasteiger partial charge is 0.186 e. The SMILES string of the molecule is COc1ccc(C(c2nnnn2CCc2ccccc2)N2CCN(c3nc4ccccc4s3)CC2)cc1. The van der Waals surface area contributed by atoms with Crippen molar-refractivity contribution >= 4 is 26.7 Å². The van der Waals surface area contributed by atoms with E-state index >= 15 is 0 Å². The summed E-state index contributed by atoms with van der Waals surface area (Å²) >= 11 is 1.76. The fourth-order valence-corrected chi connectivity index (χ4v) is 5.94. The van der Waals surface area contributed by atoms with Crippen molar-refractivity contribution in [1.82, 2.24) is 30.1 Å². The molecular weight excluding hydrogens is 482 g/mol. The first-order chi connectivity index (χ1) is 18.3. The average Bonchev–Trinajstić information content (AvgIpc) is 3.61. The van der Waals surface area contributed by atoms with E-state index in [2.05, 4.69) is 79.9 Å². The summed E-state index contributed by atoms with van der Waals surface area (Å²) in [7, 11) is 1.69. The number of piperazine rings is 1. The summed E-state index contributed by atoms with van der Waals surface area (Å²) in [5, 5.41) is 14.1. The van der Waals surface area contributed by atoms with Gasteiger partial charge in [0, 0.05) is 32.7 Å². The summed E-state index contributed by atoms with van der Waals surface area (Å²) in [5.74, 6) is 1.71. The molecule has 1 unspecified atom stereocenters. The number of rotatable bonds is 8. The fraction of sp³-hybridized carbons (Fsp3) is 0.286. The Bertz CT molecular complexity index is 1410. The summed E-state index contributed by atoms with van der Waals surface area (Å²) in [6.45, 7) is 4.30. The van der Waals surface area contributed by atoms with Gasteiger partial charge in [0.2, 0.25) is 0 Å². The molecule has 1 saturated heterocycles. The Balaban J connectivity index is 1.24. The summed E-state index contributed by atoms with van der Waals surface area (Å²) in [5.41, 5.74) is 3.50. The summed E-state index contributed by atoms with van der Waals surface area (Å²) in [6.07, 6.45) is 0.875. The Morgan fingerprint density at radius 3 is 2.41 bits per heavy atom. The summed E-state index contributed by atoms with van der Waals surface area (Å²) in [6, 6.07) is 27.0. The quantitative estimate of drug-likeness (QED) is 0.305. The number of anilines is 1. The molecule has 0 bridgehead atoms. The van der Waals surface area contributed by atoms with Crippen LogP contribution in [0.25, 0.3) is 10.2 Å². The van der Waals surface area contributed by atoms with Crippen molar-refractivity contribution in [2.45, 2.75) is 19.0 Å². The highest BCUT2D eigenvalue weighted by molar-refractivity contribution is 7.22. The molecule has 37 heavy (non-hydrogen) atoms. The zero-order valence-electron chi connectivity index (χ0n) is 20.8. The van der Waals surface area contributed by atoms with Crippen LogP contribution >= 0.6 is 11.3 Å². The number of methoxy groups -OCH3 is 1. The Morgan fingerprint density at radius 1 is 0.892 bits per heavy atom. The Kier molecular flexibility index (Phi) is 6.79. The van der Waals surface area contributed by atoms with Crippen molar-refractivity contribution in [2.24, 2.45) is 0 Å². The summed E-state index contributed by atoms with van der Waals surface area (Å²) < 4.78 is 8.60. The molecular formula is C28H29N7OS. The first kappa shape index (κ1) is 23.6. The van der Waals surface area contributed by atoms with Crippen LogP contribution in [0, 0.1) is 0 Å². The van der Waals surface area contributed by atoms with Crippen LogP contribution in [0.1, 0.15) is 23.0 Å². The molecule has 1 aliphatic heterocycles. The number of hydrogen-bond donors (Lipinski definition) is 0. The lowest BCUT2D eigenvalue weighted by Gasteiger charge is -2.38. The molecule has 8 nitrogen and oxygen atoms in total. The predicted octanol–water partition coefficient (Wildman–Crippen LogP) is 4.45. The lowest BCUT2D eigenvalue weighted by molar-refractivity contribution is 0.200. The molecule has 188 valence electrons. The highest BCUT2D eigenvalue weighted by Gasteiger charge is 2.31. The minimum atomic E-state index is -0.0470. The zero-order valence-corrected chi connectivity index (χ0v) is 21.6. The van der Waals surface area contributed by atoms with Gasteiger partial charge in [0.05, 0.1) is 23.4 Å². The van der Waals surface area contributed by atoms with Gasteiger partial charge in [-0.3, -0.25) is 4.90 Å². The first-order valence-corrected chi connectivity index (χ1v) is 13.4. The van der Waals surface area contributed by atoms with Gasteiger partial charge in [-0.2, -0.15) is 0 Å². The molecule has 2 aromatic heterocycles. The number of ether oxygens (including phenoxy) is 1. The van der Waals surface area contributed by atoms with Gasteiger partial charge in [-0.25, -0.2) is 9.67 Å². The van der Waals surface area contributed by atoms with Gasteiger partial charge in [0.1, 0.15) is 5.75 Å². The minimum absolute atomic E-state index is 0.0470. The largest absolute Gasteiger partial charge is 0.497 e. The second-order valence-electron chi connectivity index (χ2n) is 9.16. The molecule has 1 aliphatic rings. The Labute approximate surface area is 220 Å². The maximum atomic E-state index is 5.41. The molecule has 3 aromatic carbocycles.